The Morgan fingerprint density at radius 3 is 2.82 bits per heavy atom. The Balaban J connectivity index is 2.07. The molecule has 0 fully saturated rings. The zero-order valence-corrected chi connectivity index (χ0v) is 10.6. The molecule has 2 heteroatoms. The van der Waals surface area contributed by atoms with Gasteiger partial charge in [-0.3, -0.25) is 4.79 Å². The summed E-state index contributed by atoms with van der Waals surface area (Å²) in [6, 6.07) is 8.11. The van der Waals surface area contributed by atoms with Crippen molar-refractivity contribution >= 4 is 5.78 Å². The Bertz CT molecular complexity index is 448. The Labute approximate surface area is 103 Å². The highest BCUT2D eigenvalue weighted by atomic mass is 16.1. The summed E-state index contributed by atoms with van der Waals surface area (Å²) >= 11 is 0. The van der Waals surface area contributed by atoms with Gasteiger partial charge >= 0.3 is 0 Å². The maximum atomic E-state index is 12.2. The van der Waals surface area contributed by atoms with Gasteiger partial charge in [-0.25, -0.2) is 0 Å². The first-order valence-electron chi connectivity index (χ1n) is 6.12. The first kappa shape index (κ1) is 12.1. The smallest absolute Gasteiger partial charge is 0.164 e. The van der Waals surface area contributed by atoms with Gasteiger partial charge in [0.15, 0.2) is 5.78 Å². The summed E-state index contributed by atoms with van der Waals surface area (Å²) in [5.74, 6) is 0.269. The van der Waals surface area contributed by atoms with Crippen LogP contribution in [0.1, 0.15) is 17.5 Å². The number of nitrogens with zero attached hydrogens (tertiary/aromatic N) is 1. The third-order valence-electron chi connectivity index (χ3n) is 3.31. The molecule has 0 amide bonds. The lowest BCUT2D eigenvalue weighted by Gasteiger charge is -2.22. The summed E-state index contributed by atoms with van der Waals surface area (Å²) in [5.41, 5.74) is 3.32. The van der Waals surface area contributed by atoms with E-state index < -0.39 is 0 Å². The van der Waals surface area contributed by atoms with Gasteiger partial charge < -0.3 is 4.90 Å². The number of hydrogen-bond donors (Lipinski definition) is 0. The van der Waals surface area contributed by atoms with E-state index in [0.717, 1.165) is 30.6 Å². The van der Waals surface area contributed by atoms with Gasteiger partial charge in [0.05, 0.1) is 0 Å². The minimum Gasteiger partial charge on any atom is -0.302 e. The molecule has 0 atom stereocenters. The van der Waals surface area contributed by atoms with E-state index in [9.17, 15) is 4.79 Å². The summed E-state index contributed by atoms with van der Waals surface area (Å²) in [7, 11) is 2.06. The molecule has 1 aliphatic heterocycles. The zero-order chi connectivity index (χ0) is 12.3. The molecule has 1 heterocycles. The molecule has 0 aromatic heterocycles. The molecule has 1 aromatic carbocycles. The maximum Gasteiger partial charge on any atom is 0.164 e. The van der Waals surface area contributed by atoms with Crippen molar-refractivity contribution in [3.05, 3.63) is 47.0 Å². The lowest BCUT2D eigenvalue weighted by atomic mass is 9.97. The second-order valence-corrected chi connectivity index (χ2v) is 4.78. The van der Waals surface area contributed by atoms with E-state index in [4.69, 9.17) is 0 Å². The maximum absolute atomic E-state index is 12.2. The van der Waals surface area contributed by atoms with Crippen molar-refractivity contribution in [3.63, 3.8) is 0 Å². The van der Waals surface area contributed by atoms with Crippen molar-refractivity contribution in [1.29, 1.82) is 0 Å². The number of benzene rings is 1. The predicted molar refractivity (Wildman–Crippen MR) is 70.1 cm³/mol. The van der Waals surface area contributed by atoms with Crippen LogP contribution in [0.4, 0.5) is 0 Å². The summed E-state index contributed by atoms with van der Waals surface area (Å²) < 4.78 is 0. The van der Waals surface area contributed by atoms with Gasteiger partial charge in [-0.2, -0.15) is 0 Å². The van der Waals surface area contributed by atoms with E-state index in [0.29, 0.717) is 6.42 Å². The van der Waals surface area contributed by atoms with Crippen LogP contribution in [0.5, 0.6) is 0 Å². The van der Waals surface area contributed by atoms with Crippen LogP contribution in [0.2, 0.25) is 0 Å². The topological polar surface area (TPSA) is 20.3 Å². The normalized spacial score (nSPS) is 16.7. The first-order valence-corrected chi connectivity index (χ1v) is 6.12. The van der Waals surface area contributed by atoms with Crippen molar-refractivity contribution < 1.29 is 4.79 Å². The molecule has 0 saturated carbocycles. The fourth-order valence-electron chi connectivity index (χ4n) is 2.19. The molecule has 0 spiro atoms. The highest BCUT2D eigenvalue weighted by Crippen LogP contribution is 2.14. The fourth-order valence-corrected chi connectivity index (χ4v) is 2.19. The predicted octanol–water partition coefficient (Wildman–Crippen LogP) is 2.37. The molecule has 1 aliphatic rings. The Kier molecular flexibility index (Phi) is 3.75. The first-order chi connectivity index (χ1) is 8.16. The highest BCUT2D eigenvalue weighted by Gasteiger charge is 2.16. The van der Waals surface area contributed by atoms with Gasteiger partial charge in [0, 0.05) is 25.1 Å². The van der Waals surface area contributed by atoms with Gasteiger partial charge in [-0.1, -0.05) is 30.3 Å². The molecule has 0 N–H and O–H groups in total. The van der Waals surface area contributed by atoms with Crippen LogP contribution in [0.3, 0.4) is 0 Å². The summed E-state index contributed by atoms with van der Waals surface area (Å²) in [4.78, 5) is 14.4. The number of carbonyl (C=O) groups excluding carboxylic acids is 1. The van der Waals surface area contributed by atoms with E-state index in [1.54, 1.807) is 0 Å². The van der Waals surface area contributed by atoms with Crippen LogP contribution in [0.15, 0.2) is 35.9 Å². The molecule has 0 bridgehead atoms. The number of hydrogen-bond acceptors (Lipinski definition) is 2. The van der Waals surface area contributed by atoms with E-state index in [2.05, 4.69) is 31.0 Å². The number of aryl methyl sites for hydroxylation is 1. The SMILES string of the molecule is Cc1ccccc1CC(=O)C1=CCCN(C)C1. The average Bonchev–Trinajstić information content (AvgIpc) is 2.32. The van der Waals surface area contributed by atoms with E-state index in [1.807, 2.05) is 18.2 Å². The Morgan fingerprint density at radius 2 is 2.12 bits per heavy atom. The molecular weight excluding hydrogens is 210 g/mol. The van der Waals surface area contributed by atoms with E-state index in [-0.39, 0.29) is 5.78 Å². The molecule has 0 aliphatic carbocycles. The Hall–Kier alpha value is -1.41. The number of carbonyl (C=O) groups is 1. The van der Waals surface area contributed by atoms with Crippen molar-refractivity contribution in [2.45, 2.75) is 19.8 Å². The molecule has 0 radical (unpaired) electrons. The summed E-state index contributed by atoms with van der Waals surface area (Å²) in [6.45, 7) is 3.91. The number of rotatable bonds is 3. The molecule has 1 aromatic rings. The molecule has 0 saturated heterocycles. The van der Waals surface area contributed by atoms with E-state index in [1.165, 1.54) is 5.56 Å². The van der Waals surface area contributed by atoms with Crippen LogP contribution in [0, 0.1) is 6.92 Å². The molecule has 2 nitrogen and oxygen atoms in total. The van der Waals surface area contributed by atoms with E-state index >= 15 is 0 Å². The quantitative estimate of drug-likeness (QED) is 0.793. The van der Waals surface area contributed by atoms with Gasteiger partial charge in [0.25, 0.3) is 0 Å². The molecule has 2 rings (SSSR count). The van der Waals surface area contributed by atoms with Gasteiger partial charge in [0.2, 0.25) is 0 Å². The second-order valence-electron chi connectivity index (χ2n) is 4.78. The largest absolute Gasteiger partial charge is 0.302 e. The highest BCUT2D eigenvalue weighted by molar-refractivity contribution is 5.97. The van der Waals surface area contributed by atoms with Crippen LogP contribution < -0.4 is 0 Å². The van der Waals surface area contributed by atoms with Crippen LogP contribution in [-0.4, -0.2) is 30.8 Å². The number of Topliss-reactive ketones (excluding diaryl/α,β-unsaturated/α-hetero) is 1. The third-order valence-corrected chi connectivity index (χ3v) is 3.31. The van der Waals surface area contributed by atoms with Gasteiger partial charge in [-0.05, 0) is 31.5 Å². The van der Waals surface area contributed by atoms with Gasteiger partial charge in [0.1, 0.15) is 0 Å². The molecular formula is C15H19NO. The lowest BCUT2D eigenvalue weighted by molar-refractivity contribution is -0.115. The molecule has 90 valence electrons. The molecule has 0 unspecified atom stereocenters. The standard InChI is InChI=1S/C15H19NO/c1-12-6-3-4-7-13(12)10-15(17)14-8-5-9-16(2)11-14/h3-4,6-8H,5,9-11H2,1-2H3. The minimum atomic E-state index is 0.269. The molecule has 17 heavy (non-hydrogen) atoms. The van der Waals surface area contributed by atoms with Crippen molar-refractivity contribution in [2.75, 3.05) is 20.1 Å². The third kappa shape index (κ3) is 3.04. The van der Waals surface area contributed by atoms with Crippen LogP contribution in [-0.2, 0) is 11.2 Å². The summed E-state index contributed by atoms with van der Waals surface area (Å²) in [6.07, 6.45) is 3.62. The number of likely N-dealkylation sites (N-methyl/N-ethyl adjacent to an activating group) is 1. The van der Waals surface area contributed by atoms with Crippen LogP contribution >= 0.6 is 0 Å². The monoisotopic (exact) mass is 229 g/mol. The van der Waals surface area contributed by atoms with Crippen molar-refractivity contribution in [2.24, 2.45) is 0 Å². The summed E-state index contributed by atoms with van der Waals surface area (Å²) in [5, 5.41) is 0. The van der Waals surface area contributed by atoms with Crippen molar-refractivity contribution in [1.82, 2.24) is 4.90 Å². The fraction of sp³-hybridized carbons (Fsp3) is 0.400. The Morgan fingerprint density at radius 1 is 1.35 bits per heavy atom. The number of ketones is 1. The van der Waals surface area contributed by atoms with Crippen LogP contribution in [0.25, 0.3) is 0 Å². The average molecular weight is 229 g/mol. The zero-order valence-electron chi connectivity index (χ0n) is 10.6. The van der Waals surface area contributed by atoms with Crippen molar-refractivity contribution in [3.8, 4) is 0 Å². The minimum absolute atomic E-state index is 0.269. The van der Waals surface area contributed by atoms with Gasteiger partial charge in [-0.15, -0.1) is 0 Å². The lowest BCUT2D eigenvalue weighted by Crippen LogP contribution is -2.29. The second kappa shape index (κ2) is 5.28.